The first-order chi connectivity index (χ1) is 31.4. The number of phenols is 1. The zero-order valence-electron chi connectivity index (χ0n) is 39.9. The molecule has 4 aliphatic carbocycles. The normalized spacial score (nSPS) is 27.5. The summed E-state index contributed by atoms with van der Waals surface area (Å²) in [6.07, 6.45) is 16.0. The molecule has 4 aliphatic rings. The summed E-state index contributed by atoms with van der Waals surface area (Å²) in [5.74, 6) is 7.35. The van der Waals surface area contributed by atoms with Gasteiger partial charge in [-0.05, 0) is 161 Å². The van der Waals surface area contributed by atoms with Gasteiger partial charge in [0.25, 0.3) is 0 Å². The van der Waals surface area contributed by atoms with Crippen LogP contribution in [0.3, 0.4) is 0 Å². The van der Waals surface area contributed by atoms with E-state index >= 15 is 0 Å². The van der Waals surface area contributed by atoms with Crippen LogP contribution in [0, 0.1) is 41.4 Å². The van der Waals surface area contributed by atoms with Gasteiger partial charge in [-0.15, -0.1) is 0 Å². The van der Waals surface area contributed by atoms with Crippen molar-refractivity contribution in [3.05, 3.63) is 69.9 Å². The van der Waals surface area contributed by atoms with Crippen LogP contribution in [0.15, 0.2) is 39.7 Å². The Morgan fingerprint density at radius 3 is 2.57 bits per heavy atom. The second kappa shape index (κ2) is 23.4. The number of nitrogens with one attached hydrogen (secondary N) is 4. The van der Waals surface area contributed by atoms with Gasteiger partial charge >= 0.3 is 0 Å². The van der Waals surface area contributed by atoms with Gasteiger partial charge in [0.15, 0.2) is 17.5 Å². The number of nitrogens with two attached hydrogens (primary N) is 2. The van der Waals surface area contributed by atoms with E-state index in [-0.39, 0.29) is 30.9 Å². The highest BCUT2D eigenvalue weighted by molar-refractivity contribution is 5.77. The standard InChI is InChI=1S/C52H83N7O6/c1-31(26-58-52(54)56-4)8-16-41-36-13-9-33(20-37(41)23-39(53)22-36)12-19-49-38(29-60)24-40(65-49)15-10-34-11-18-47(62)50(21-34)64-30-48(63)45-25-43-44(59-45)17-14-35-6-5-7-42(35)51(43)46(28-55-3)57-27-32(2)61/h11,18,21,24-25,31-33,35-37,39,41-42,46,48,51,55,57,59-63H,5-10,12-17,19-20,22-23,26-30,53H2,1-4H3,(H3,54,56,58). The van der Waals surface area contributed by atoms with Crippen LogP contribution in [-0.2, 0) is 32.3 Å². The minimum Gasteiger partial charge on any atom is -0.504 e. The molecule has 12 unspecified atom stereocenters. The lowest BCUT2D eigenvalue weighted by atomic mass is 9.67. The van der Waals surface area contributed by atoms with Crippen LogP contribution in [0.4, 0.5) is 0 Å². The maximum Gasteiger partial charge on any atom is 0.188 e. The molecular weight excluding hydrogens is 819 g/mol. The number of aromatic amines is 1. The number of hydrogen-bond donors (Lipinski definition) is 10. The fraction of sp³-hybridized carbons (Fsp3) is 0.712. The summed E-state index contributed by atoms with van der Waals surface area (Å²) >= 11 is 0. The summed E-state index contributed by atoms with van der Waals surface area (Å²) < 4.78 is 12.6. The Bertz CT molecular complexity index is 1960. The van der Waals surface area contributed by atoms with Crippen LogP contribution < -0.4 is 32.2 Å². The third-order valence-corrected chi connectivity index (χ3v) is 16.0. The van der Waals surface area contributed by atoms with Gasteiger partial charge in [-0.25, -0.2) is 0 Å². The van der Waals surface area contributed by atoms with Crippen molar-refractivity contribution in [2.75, 3.05) is 40.3 Å². The van der Waals surface area contributed by atoms with Crippen molar-refractivity contribution in [3.63, 3.8) is 0 Å². The quantitative estimate of drug-likeness (QED) is 0.0395. The number of furan rings is 1. The number of guanidine groups is 1. The number of likely N-dealkylation sites (N-methyl/N-ethyl adjacent to an activating group) is 1. The Morgan fingerprint density at radius 2 is 1.78 bits per heavy atom. The summed E-state index contributed by atoms with van der Waals surface area (Å²) in [6, 6.07) is 10.0. The topological polar surface area (TPSA) is 220 Å². The maximum atomic E-state index is 11.5. The van der Waals surface area contributed by atoms with Crippen LogP contribution in [0.1, 0.15) is 143 Å². The molecule has 2 bridgehead atoms. The number of fused-ring (bicyclic) bond motifs is 4. The van der Waals surface area contributed by atoms with Crippen molar-refractivity contribution in [2.45, 2.75) is 153 Å². The van der Waals surface area contributed by atoms with Crippen molar-refractivity contribution in [1.29, 1.82) is 0 Å². The predicted molar refractivity (Wildman–Crippen MR) is 258 cm³/mol. The van der Waals surface area contributed by atoms with E-state index < -0.39 is 12.2 Å². The Kier molecular flexibility index (Phi) is 17.8. The molecule has 0 radical (unpaired) electrons. The van der Waals surface area contributed by atoms with E-state index in [0.717, 1.165) is 85.9 Å². The smallest absolute Gasteiger partial charge is 0.188 e. The fourth-order valence-corrected chi connectivity index (χ4v) is 12.6. The summed E-state index contributed by atoms with van der Waals surface area (Å²) in [7, 11) is 3.70. The zero-order valence-corrected chi connectivity index (χ0v) is 39.9. The Morgan fingerprint density at radius 1 is 0.954 bits per heavy atom. The largest absolute Gasteiger partial charge is 0.504 e. The van der Waals surface area contributed by atoms with Gasteiger partial charge in [0.2, 0.25) is 0 Å². The van der Waals surface area contributed by atoms with Gasteiger partial charge < -0.3 is 62.0 Å². The lowest BCUT2D eigenvalue weighted by molar-refractivity contribution is 0.103. The summed E-state index contributed by atoms with van der Waals surface area (Å²) in [6.45, 7) is 6.24. The van der Waals surface area contributed by atoms with Crippen molar-refractivity contribution < 1.29 is 29.6 Å². The molecule has 2 aromatic heterocycles. The van der Waals surface area contributed by atoms with Crippen molar-refractivity contribution in [2.24, 2.45) is 57.9 Å². The number of hydrogen-bond acceptors (Lipinski definition) is 10. The number of rotatable bonds is 22. The van der Waals surface area contributed by atoms with Crippen molar-refractivity contribution in [1.82, 2.24) is 20.9 Å². The van der Waals surface area contributed by atoms with Crippen molar-refractivity contribution >= 4 is 5.96 Å². The Hall–Kier alpha value is -3.59. The molecule has 3 saturated carbocycles. The molecule has 362 valence electrons. The zero-order chi connectivity index (χ0) is 46.0. The first-order valence-electron chi connectivity index (χ1n) is 25.3. The number of aliphatic imine (C=N–C) groups is 1. The number of H-pyrrole nitrogens is 1. The van der Waals surface area contributed by atoms with Crippen LogP contribution in [0.2, 0.25) is 0 Å². The highest BCUT2D eigenvalue weighted by Gasteiger charge is 2.43. The van der Waals surface area contributed by atoms with Gasteiger partial charge in [0.05, 0.1) is 12.7 Å². The third kappa shape index (κ3) is 12.9. The number of ether oxygens (including phenoxy) is 1. The predicted octanol–water partition coefficient (Wildman–Crippen LogP) is 6.36. The fourth-order valence-electron chi connectivity index (χ4n) is 12.6. The third-order valence-electron chi connectivity index (χ3n) is 16.0. The van der Waals surface area contributed by atoms with Crippen LogP contribution in [0.5, 0.6) is 11.5 Å². The summed E-state index contributed by atoms with van der Waals surface area (Å²) in [5, 5.41) is 53.1. The molecule has 12 N–H and O–H groups in total. The van der Waals surface area contributed by atoms with E-state index in [0.29, 0.717) is 72.6 Å². The lowest BCUT2D eigenvalue weighted by Crippen LogP contribution is -2.47. The lowest BCUT2D eigenvalue weighted by Gasteiger charge is -2.40. The van der Waals surface area contributed by atoms with Gasteiger partial charge in [0, 0.05) is 74.5 Å². The second-order valence-corrected chi connectivity index (χ2v) is 20.8. The Balaban J connectivity index is 0.930. The number of phenolic OH excluding ortho intramolecular Hbond substituents is 1. The van der Waals surface area contributed by atoms with Gasteiger partial charge in [-0.1, -0.05) is 32.3 Å². The molecule has 0 amide bonds. The summed E-state index contributed by atoms with van der Waals surface area (Å²) in [4.78, 5) is 7.63. The minimum absolute atomic E-state index is 0.00726. The molecule has 0 spiro atoms. The maximum absolute atomic E-state index is 11.5. The number of aryl methyl sites for hydroxylation is 4. The van der Waals surface area contributed by atoms with E-state index in [9.17, 15) is 20.4 Å². The molecule has 3 aromatic rings. The van der Waals surface area contributed by atoms with E-state index in [1.54, 1.807) is 13.1 Å². The molecular formula is C52H83N7O6. The van der Waals surface area contributed by atoms with Crippen LogP contribution in [0.25, 0.3) is 0 Å². The molecule has 3 fully saturated rings. The molecule has 13 heteroatoms. The molecule has 0 saturated heterocycles. The van der Waals surface area contributed by atoms with Crippen molar-refractivity contribution in [3.8, 4) is 11.5 Å². The average Bonchev–Trinajstić information content (AvgIpc) is 4.01. The number of aromatic hydroxyl groups is 1. The van der Waals surface area contributed by atoms with Gasteiger partial charge in [-0.3, -0.25) is 4.99 Å². The molecule has 7 rings (SSSR count). The SMILES string of the molecule is CN=C(N)NCC(C)CCC1C2CCC(CCc3oc(CCc4ccc(O)c(OCC(O)c5cc6c([nH]5)CCC5CCCC5C6C(CNC)NCC(C)O)c4)cc3CO)CC1CC(N)C2. The van der Waals surface area contributed by atoms with Gasteiger partial charge in [-0.2, -0.15) is 0 Å². The number of nitrogens with zero attached hydrogens (tertiary/aromatic N) is 1. The number of aliphatic hydroxyl groups is 3. The average molecular weight is 902 g/mol. The highest BCUT2D eigenvalue weighted by atomic mass is 16.5. The molecule has 1 aromatic carbocycles. The highest BCUT2D eigenvalue weighted by Crippen LogP contribution is 2.50. The minimum atomic E-state index is -0.906. The van der Waals surface area contributed by atoms with E-state index in [1.807, 2.05) is 32.2 Å². The Labute approximate surface area is 388 Å². The van der Waals surface area contributed by atoms with Crippen LogP contribution >= 0.6 is 0 Å². The molecule has 65 heavy (non-hydrogen) atoms. The molecule has 12 atom stereocenters. The molecule has 13 nitrogen and oxygen atoms in total. The monoisotopic (exact) mass is 902 g/mol. The first kappa shape index (κ1) is 49.3. The molecule has 0 aliphatic heterocycles. The van der Waals surface area contributed by atoms with Gasteiger partial charge in [0.1, 0.15) is 24.2 Å². The van der Waals surface area contributed by atoms with Crippen LogP contribution in [-0.4, -0.2) is 89.9 Å². The first-order valence-corrected chi connectivity index (χ1v) is 25.3. The number of aliphatic hydroxyl groups excluding tert-OH is 3. The number of benzene rings is 1. The summed E-state index contributed by atoms with van der Waals surface area (Å²) in [5.41, 5.74) is 17.6. The van der Waals surface area contributed by atoms with E-state index in [2.05, 4.69) is 38.9 Å². The van der Waals surface area contributed by atoms with E-state index in [1.165, 1.54) is 62.6 Å². The second-order valence-electron chi connectivity index (χ2n) is 20.8. The van der Waals surface area contributed by atoms with E-state index in [4.69, 9.17) is 20.6 Å². The molecule has 2 heterocycles. The number of aromatic nitrogens is 1.